The van der Waals surface area contributed by atoms with E-state index in [2.05, 4.69) is 26.4 Å². The van der Waals surface area contributed by atoms with Crippen LogP contribution in [0.2, 0.25) is 0 Å². The number of rotatable bonds is 4. The number of ether oxygens (including phenoxy) is 1. The summed E-state index contributed by atoms with van der Waals surface area (Å²) in [5, 5.41) is 16.7. The molecule has 0 saturated heterocycles. The van der Waals surface area contributed by atoms with Crippen molar-refractivity contribution in [1.82, 2.24) is 19.8 Å². The molecule has 7 nitrogen and oxygen atoms in total. The topological polar surface area (TPSA) is 82.2 Å². The average Bonchev–Trinajstić information content (AvgIpc) is 2.87. The summed E-state index contributed by atoms with van der Waals surface area (Å²) in [6.07, 6.45) is 0. The van der Waals surface area contributed by atoms with Gasteiger partial charge in [-0.15, -0.1) is 0 Å². The number of benzene rings is 2. The number of tetrazole rings is 1. The first-order valence-electron chi connectivity index (χ1n) is 6.85. The molecule has 1 heterocycles. The molecule has 3 aromatic rings. The standard InChI is InChI=1S/C15H12BrFN4O3/c1-20-15(23)21(19-18-20)13-4-2-3-12(17)10(13)8-24-14-6-5-9(22)7-11(14)16/h2-7,22H,8H2,1H3. The van der Waals surface area contributed by atoms with E-state index in [9.17, 15) is 14.3 Å². The van der Waals surface area contributed by atoms with E-state index < -0.39 is 11.5 Å². The number of aromatic nitrogens is 4. The van der Waals surface area contributed by atoms with Gasteiger partial charge in [0.05, 0.1) is 15.7 Å². The van der Waals surface area contributed by atoms with E-state index in [0.29, 0.717) is 10.2 Å². The van der Waals surface area contributed by atoms with E-state index in [1.807, 2.05) is 0 Å². The van der Waals surface area contributed by atoms with Crippen molar-refractivity contribution in [2.45, 2.75) is 6.61 Å². The number of phenols is 1. The number of hydrogen-bond acceptors (Lipinski definition) is 5. The fraction of sp³-hybridized carbons (Fsp3) is 0.133. The van der Waals surface area contributed by atoms with Crippen molar-refractivity contribution in [3.63, 3.8) is 0 Å². The van der Waals surface area contributed by atoms with Crippen molar-refractivity contribution in [3.05, 3.63) is 62.7 Å². The lowest BCUT2D eigenvalue weighted by molar-refractivity contribution is 0.296. The first kappa shape index (κ1) is 16.2. The number of aromatic hydroxyl groups is 1. The lowest BCUT2D eigenvalue weighted by atomic mass is 10.2. The fourth-order valence-electron chi connectivity index (χ4n) is 2.11. The SMILES string of the molecule is Cn1nnn(-c2cccc(F)c2COc2ccc(O)cc2Br)c1=O. The maximum Gasteiger partial charge on any atom is 0.368 e. The fourth-order valence-corrected chi connectivity index (χ4v) is 2.59. The van der Waals surface area contributed by atoms with E-state index in [4.69, 9.17) is 4.74 Å². The minimum absolute atomic E-state index is 0.0758. The molecule has 0 unspecified atom stereocenters. The van der Waals surface area contributed by atoms with E-state index in [1.165, 1.54) is 31.3 Å². The molecule has 0 aliphatic carbocycles. The Morgan fingerprint density at radius 1 is 1.29 bits per heavy atom. The van der Waals surface area contributed by atoms with Crippen LogP contribution in [0.15, 0.2) is 45.7 Å². The van der Waals surface area contributed by atoms with Crippen LogP contribution in [0, 0.1) is 5.82 Å². The summed E-state index contributed by atoms with van der Waals surface area (Å²) in [6.45, 7) is -0.131. The molecule has 0 aliphatic rings. The Morgan fingerprint density at radius 3 is 2.75 bits per heavy atom. The minimum Gasteiger partial charge on any atom is -0.508 e. The molecule has 3 rings (SSSR count). The quantitative estimate of drug-likeness (QED) is 0.732. The highest BCUT2D eigenvalue weighted by Gasteiger charge is 2.16. The highest BCUT2D eigenvalue weighted by molar-refractivity contribution is 9.10. The Labute approximate surface area is 144 Å². The summed E-state index contributed by atoms with van der Waals surface area (Å²) in [5.74, 6) is -0.0274. The van der Waals surface area contributed by atoms with Crippen LogP contribution in [0.1, 0.15) is 5.56 Å². The minimum atomic E-state index is -0.528. The second-order valence-electron chi connectivity index (χ2n) is 4.94. The number of hydrogen-bond donors (Lipinski definition) is 1. The van der Waals surface area contributed by atoms with Gasteiger partial charge in [0.15, 0.2) is 0 Å². The predicted octanol–water partition coefficient (Wildman–Crippen LogP) is 2.15. The van der Waals surface area contributed by atoms with Gasteiger partial charge in [-0.1, -0.05) is 6.07 Å². The Bertz CT molecular complexity index is 954. The molecule has 0 aliphatic heterocycles. The largest absolute Gasteiger partial charge is 0.508 e. The van der Waals surface area contributed by atoms with E-state index in [0.717, 1.165) is 9.36 Å². The second kappa shape index (κ2) is 6.44. The van der Waals surface area contributed by atoms with Crippen LogP contribution < -0.4 is 10.4 Å². The molecule has 0 amide bonds. The molecule has 1 aromatic heterocycles. The summed E-state index contributed by atoms with van der Waals surface area (Å²) < 4.78 is 22.4. The van der Waals surface area contributed by atoms with Gasteiger partial charge < -0.3 is 9.84 Å². The van der Waals surface area contributed by atoms with Crippen LogP contribution in [0.25, 0.3) is 5.69 Å². The predicted molar refractivity (Wildman–Crippen MR) is 86.7 cm³/mol. The van der Waals surface area contributed by atoms with Gasteiger partial charge in [0.2, 0.25) is 0 Å². The van der Waals surface area contributed by atoms with Crippen LogP contribution in [0.3, 0.4) is 0 Å². The normalized spacial score (nSPS) is 10.8. The summed E-state index contributed by atoms with van der Waals surface area (Å²) in [7, 11) is 1.45. The molecule has 1 N–H and O–H groups in total. The molecule has 0 bridgehead atoms. The van der Waals surface area contributed by atoms with Crippen molar-refractivity contribution in [1.29, 1.82) is 0 Å². The van der Waals surface area contributed by atoms with E-state index >= 15 is 0 Å². The lowest BCUT2D eigenvalue weighted by Crippen LogP contribution is -2.23. The van der Waals surface area contributed by atoms with Crippen molar-refractivity contribution in [2.24, 2.45) is 7.05 Å². The van der Waals surface area contributed by atoms with Crippen LogP contribution in [-0.4, -0.2) is 24.9 Å². The maximum atomic E-state index is 14.2. The number of aryl methyl sites for hydroxylation is 1. The van der Waals surface area contributed by atoms with Gasteiger partial charge in [0, 0.05) is 7.05 Å². The summed E-state index contributed by atoms with van der Waals surface area (Å²) in [6, 6.07) is 8.78. The summed E-state index contributed by atoms with van der Waals surface area (Å²) >= 11 is 3.26. The van der Waals surface area contributed by atoms with Crippen molar-refractivity contribution >= 4 is 15.9 Å². The molecule has 124 valence electrons. The molecule has 0 saturated carbocycles. The van der Waals surface area contributed by atoms with Crippen LogP contribution in [-0.2, 0) is 13.7 Å². The summed E-state index contributed by atoms with van der Waals surface area (Å²) in [4.78, 5) is 12.0. The molecular formula is C15H12BrFN4O3. The van der Waals surface area contributed by atoms with Crippen molar-refractivity contribution < 1.29 is 14.2 Å². The van der Waals surface area contributed by atoms with E-state index in [-0.39, 0.29) is 23.6 Å². The highest BCUT2D eigenvalue weighted by Crippen LogP contribution is 2.30. The van der Waals surface area contributed by atoms with Gasteiger partial charge in [0.1, 0.15) is 23.9 Å². The Morgan fingerprint density at radius 2 is 2.08 bits per heavy atom. The van der Waals surface area contributed by atoms with Crippen LogP contribution in [0.5, 0.6) is 11.5 Å². The smallest absolute Gasteiger partial charge is 0.368 e. The monoisotopic (exact) mass is 394 g/mol. The lowest BCUT2D eigenvalue weighted by Gasteiger charge is -2.12. The molecule has 0 radical (unpaired) electrons. The van der Waals surface area contributed by atoms with Gasteiger partial charge >= 0.3 is 5.69 Å². The Balaban J connectivity index is 1.96. The Kier molecular flexibility index (Phi) is 4.34. The molecule has 0 fully saturated rings. The molecule has 0 spiro atoms. The van der Waals surface area contributed by atoms with Gasteiger partial charge in [-0.3, -0.25) is 0 Å². The third-order valence-corrected chi connectivity index (χ3v) is 3.95. The first-order chi connectivity index (χ1) is 11.5. The number of halogens is 2. The van der Waals surface area contributed by atoms with Crippen LogP contribution in [0.4, 0.5) is 4.39 Å². The van der Waals surface area contributed by atoms with Crippen molar-refractivity contribution in [2.75, 3.05) is 0 Å². The average molecular weight is 395 g/mol. The molecular weight excluding hydrogens is 383 g/mol. The maximum absolute atomic E-state index is 14.2. The second-order valence-corrected chi connectivity index (χ2v) is 5.79. The zero-order valence-corrected chi connectivity index (χ0v) is 14.1. The number of nitrogens with zero attached hydrogens (tertiary/aromatic N) is 4. The number of phenolic OH excluding ortho intramolecular Hbond substituents is 1. The van der Waals surface area contributed by atoms with Gasteiger partial charge in [-0.25, -0.2) is 9.18 Å². The molecule has 24 heavy (non-hydrogen) atoms. The summed E-state index contributed by atoms with van der Waals surface area (Å²) in [5.41, 5.74) is -0.0734. The molecule has 2 aromatic carbocycles. The molecule has 9 heteroatoms. The van der Waals surface area contributed by atoms with Crippen LogP contribution >= 0.6 is 15.9 Å². The zero-order valence-electron chi connectivity index (χ0n) is 12.5. The van der Waals surface area contributed by atoms with E-state index in [1.54, 1.807) is 12.1 Å². The highest BCUT2D eigenvalue weighted by atomic mass is 79.9. The first-order valence-corrected chi connectivity index (χ1v) is 7.65. The zero-order chi connectivity index (χ0) is 17.3. The third-order valence-electron chi connectivity index (χ3n) is 3.33. The molecule has 0 atom stereocenters. The van der Waals surface area contributed by atoms with Gasteiger partial charge in [-0.2, -0.15) is 9.36 Å². The van der Waals surface area contributed by atoms with Gasteiger partial charge in [-0.05, 0) is 56.7 Å². The van der Waals surface area contributed by atoms with Crippen molar-refractivity contribution in [3.8, 4) is 17.2 Å². The third kappa shape index (κ3) is 3.02. The van der Waals surface area contributed by atoms with Gasteiger partial charge in [0.25, 0.3) is 0 Å². The Hall–Kier alpha value is -2.68.